The molecule has 0 bridgehead atoms. The van der Waals surface area contributed by atoms with Gasteiger partial charge >= 0.3 is 0 Å². The first-order valence-electron chi connectivity index (χ1n) is 8.14. The van der Waals surface area contributed by atoms with Crippen LogP contribution in [0.25, 0.3) is 0 Å². The van der Waals surface area contributed by atoms with Gasteiger partial charge in [-0.25, -0.2) is 0 Å². The van der Waals surface area contributed by atoms with Crippen molar-refractivity contribution in [3.63, 3.8) is 0 Å². The molecule has 0 saturated heterocycles. The van der Waals surface area contributed by atoms with Crippen molar-refractivity contribution >= 4 is 50.5 Å². The largest absolute Gasteiger partial charge is 0.358 e. The summed E-state index contributed by atoms with van der Waals surface area (Å²) < 4.78 is 0.754. The molecule has 2 aromatic heterocycles. The van der Waals surface area contributed by atoms with Crippen LogP contribution in [-0.2, 0) is 17.6 Å². The molecule has 3 rings (SSSR count). The number of carbonyl (C=O) groups excluding carboxylic acids is 1. The molecule has 0 fully saturated rings. The zero-order chi connectivity index (χ0) is 17.8. The van der Waals surface area contributed by atoms with Gasteiger partial charge in [0, 0.05) is 10.9 Å². The quantitative estimate of drug-likeness (QED) is 0.723. The van der Waals surface area contributed by atoms with Crippen LogP contribution >= 0.6 is 34.4 Å². The number of hydrogen-bond donors (Lipinski definition) is 2. The maximum Gasteiger partial charge on any atom is 0.235 e. The first-order valence-corrected chi connectivity index (χ1v) is 10.8. The Hall–Kier alpha value is -1.63. The molecule has 0 aliphatic heterocycles. The summed E-state index contributed by atoms with van der Waals surface area (Å²) in [5.74, 6) is 0.137. The van der Waals surface area contributed by atoms with Crippen LogP contribution in [-0.4, -0.2) is 27.9 Å². The summed E-state index contributed by atoms with van der Waals surface area (Å²) in [5.41, 5.74) is 1.78. The van der Waals surface area contributed by atoms with Gasteiger partial charge in [-0.1, -0.05) is 23.1 Å². The highest BCUT2D eigenvalue weighted by Crippen LogP contribution is 2.37. The van der Waals surface area contributed by atoms with E-state index in [-0.39, 0.29) is 11.7 Å². The molecule has 2 N–H and O–H groups in total. The third-order valence-electron chi connectivity index (χ3n) is 3.68. The Morgan fingerprint density at radius 3 is 2.88 bits per heavy atom. The van der Waals surface area contributed by atoms with E-state index >= 15 is 0 Å². The standard InChI is InChI=1S/C16H19N5OS3/c1-9(2)18-15-20-21-16(25-15)23-8-13(22)19-14-11(7-17)10-5-3-4-6-12(10)24-14/h9H,3-6,8H2,1-2H3,(H,18,20)(H,19,22). The van der Waals surface area contributed by atoms with Crippen molar-refractivity contribution in [1.82, 2.24) is 10.2 Å². The SMILES string of the molecule is CC(C)Nc1nnc(SCC(=O)Nc2sc3c(c2C#N)CCCC3)s1. The molecule has 0 atom stereocenters. The molecule has 0 aromatic carbocycles. The van der Waals surface area contributed by atoms with E-state index < -0.39 is 0 Å². The lowest BCUT2D eigenvalue weighted by Crippen LogP contribution is -2.13. The summed E-state index contributed by atoms with van der Waals surface area (Å²) in [6.45, 7) is 4.07. The monoisotopic (exact) mass is 393 g/mol. The van der Waals surface area contributed by atoms with Crippen LogP contribution < -0.4 is 10.6 Å². The third-order valence-corrected chi connectivity index (χ3v) is 6.88. The van der Waals surface area contributed by atoms with Gasteiger partial charge in [0.25, 0.3) is 0 Å². The van der Waals surface area contributed by atoms with E-state index in [9.17, 15) is 10.1 Å². The lowest BCUT2D eigenvalue weighted by molar-refractivity contribution is -0.113. The minimum absolute atomic E-state index is 0.117. The second kappa shape index (κ2) is 8.17. The van der Waals surface area contributed by atoms with Crippen molar-refractivity contribution in [3.05, 3.63) is 16.0 Å². The molecule has 1 amide bonds. The Labute approximate surface area is 159 Å². The lowest BCUT2D eigenvalue weighted by atomic mass is 9.96. The number of fused-ring (bicyclic) bond motifs is 1. The minimum Gasteiger partial charge on any atom is -0.358 e. The summed E-state index contributed by atoms with van der Waals surface area (Å²) in [6.07, 6.45) is 4.22. The Bertz CT molecular complexity index is 805. The molecule has 0 spiro atoms. The summed E-state index contributed by atoms with van der Waals surface area (Å²) in [6, 6.07) is 2.56. The number of nitriles is 1. The Morgan fingerprint density at radius 2 is 2.12 bits per heavy atom. The van der Waals surface area contributed by atoms with E-state index in [0.717, 1.165) is 40.7 Å². The molecule has 1 aliphatic rings. The van der Waals surface area contributed by atoms with Crippen molar-refractivity contribution in [2.75, 3.05) is 16.4 Å². The van der Waals surface area contributed by atoms with Crippen molar-refractivity contribution < 1.29 is 4.79 Å². The molecule has 1 aliphatic carbocycles. The highest BCUT2D eigenvalue weighted by Gasteiger charge is 2.21. The molecule has 9 heteroatoms. The number of thioether (sulfide) groups is 1. The zero-order valence-corrected chi connectivity index (χ0v) is 16.5. The van der Waals surface area contributed by atoms with Crippen LogP contribution in [0.15, 0.2) is 4.34 Å². The molecular weight excluding hydrogens is 374 g/mol. The van der Waals surface area contributed by atoms with Crippen LogP contribution in [0.4, 0.5) is 10.1 Å². The molecule has 0 saturated carbocycles. The van der Waals surface area contributed by atoms with E-state index in [2.05, 4.69) is 26.9 Å². The number of thiophene rings is 1. The van der Waals surface area contributed by atoms with Gasteiger partial charge in [-0.05, 0) is 45.1 Å². The normalized spacial score (nSPS) is 13.4. The number of hydrogen-bond acceptors (Lipinski definition) is 8. The van der Waals surface area contributed by atoms with Crippen LogP contribution in [0.5, 0.6) is 0 Å². The van der Waals surface area contributed by atoms with Crippen molar-refractivity contribution in [2.45, 2.75) is 49.9 Å². The van der Waals surface area contributed by atoms with Crippen LogP contribution in [0.1, 0.15) is 42.7 Å². The molecule has 2 aromatic rings. The predicted octanol–water partition coefficient (Wildman–Crippen LogP) is 3.90. The van der Waals surface area contributed by atoms with E-state index in [1.54, 1.807) is 11.3 Å². The predicted molar refractivity (Wildman–Crippen MR) is 104 cm³/mol. The number of amides is 1. The third kappa shape index (κ3) is 4.51. The molecule has 0 unspecified atom stereocenters. The Balaban J connectivity index is 1.59. The van der Waals surface area contributed by atoms with Crippen molar-refractivity contribution in [3.8, 4) is 6.07 Å². The number of anilines is 2. The van der Waals surface area contributed by atoms with Gasteiger partial charge in [-0.2, -0.15) is 5.26 Å². The van der Waals surface area contributed by atoms with Gasteiger partial charge in [0.2, 0.25) is 11.0 Å². The fourth-order valence-electron chi connectivity index (χ4n) is 2.64. The fraction of sp³-hybridized carbons (Fsp3) is 0.500. The lowest BCUT2D eigenvalue weighted by Gasteiger charge is -2.09. The van der Waals surface area contributed by atoms with E-state index in [4.69, 9.17) is 0 Å². The maximum atomic E-state index is 12.3. The molecule has 0 radical (unpaired) electrons. The molecule has 25 heavy (non-hydrogen) atoms. The van der Waals surface area contributed by atoms with E-state index in [1.165, 1.54) is 28.0 Å². The van der Waals surface area contributed by atoms with Crippen molar-refractivity contribution in [1.29, 1.82) is 5.26 Å². The highest BCUT2D eigenvalue weighted by atomic mass is 32.2. The number of aromatic nitrogens is 2. The highest BCUT2D eigenvalue weighted by molar-refractivity contribution is 8.01. The number of rotatable bonds is 6. The summed E-state index contributed by atoms with van der Waals surface area (Å²) in [7, 11) is 0. The molecule has 132 valence electrons. The summed E-state index contributed by atoms with van der Waals surface area (Å²) in [4.78, 5) is 13.5. The van der Waals surface area contributed by atoms with Gasteiger partial charge < -0.3 is 10.6 Å². The average Bonchev–Trinajstić information content (AvgIpc) is 3.15. The van der Waals surface area contributed by atoms with E-state index in [0.29, 0.717) is 16.6 Å². The van der Waals surface area contributed by atoms with Crippen molar-refractivity contribution in [2.24, 2.45) is 0 Å². The van der Waals surface area contributed by atoms with E-state index in [1.807, 2.05) is 13.8 Å². The first-order chi connectivity index (χ1) is 12.1. The second-order valence-electron chi connectivity index (χ2n) is 6.04. The van der Waals surface area contributed by atoms with Gasteiger partial charge in [0.15, 0.2) is 4.34 Å². The average molecular weight is 394 g/mol. The minimum atomic E-state index is -0.117. The van der Waals surface area contributed by atoms with Gasteiger partial charge in [-0.15, -0.1) is 21.5 Å². The number of aryl methyl sites for hydroxylation is 1. The first kappa shape index (κ1) is 18.2. The van der Waals surface area contributed by atoms with Gasteiger partial charge in [0.05, 0.1) is 11.3 Å². The van der Waals surface area contributed by atoms with Crippen LogP contribution in [0.2, 0.25) is 0 Å². The number of nitrogens with one attached hydrogen (secondary N) is 2. The summed E-state index contributed by atoms with van der Waals surface area (Å²) >= 11 is 4.35. The van der Waals surface area contributed by atoms with Crippen LogP contribution in [0, 0.1) is 11.3 Å². The van der Waals surface area contributed by atoms with Crippen LogP contribution in [0.3, 0.4) is 0 Å². The molecular formula is C16H19N5OS3. The summed E-state index contributed by atoms with van der Waals surface area (Å²) in [5, 5.41) is 25.1. The zero-order valence-electron chi connectivity index (χ0n) is 14.1. The van der Waals surface area contributed by atoms with Gasteiger partial charge in [0.1, 0.15) is 11.1 Å². The molecule has 6 nitrogen and oxygen atoms in total. The molecule has 2 heterocycles. The topological polar surface area (TPSA) is 90.7 Å². The smallest absolute Gasteiger partial charge is 0.235 e. The van der Waals surface area contributed by atoms with Gasteiger partial charge in [-0.3, -0.25) is 4.79 Å². The fourth-order valence-corrected chi connectivity index (χ4v) is 5.59. The number of carbonyl (C=O) groups is 1. The number of nitrogens with zero attached hydrogens (tertiary/aromatic N) is 3. The Kier molecular flexibility index (Phi) is 5.93. The second-order valence-corrected chi connectivity index (χ2v) is 9.34. The Morgan fingerprint density at radius 1 is 1.32 bits per heavy atom. The maximum absolute atomic E-state index is 12.3.